The van der Waals surface area contributed by atoms with Gasteiger partial charge in [-0.3, -0.25) is 14.4 Å². The van der Waals surface area contributed by atoms with Crippen LogP contribution < -0.4 is 10.6 Å². The second-order valence-electron chi connectivity index (χ2n) is 8.40. The largest absolute Gasteiger partial charge is 0.329 e. The number of allylic oxidation sites excluding steroid dienone is 1. The first-order chi connectivity index (χ1) is 14.4. The number of hydrogen-bond acceptors (Lipinski definition) is 3. The predicted molar refractivity (Wildman–Crippen MR) is 116 cm³/mol. The topological polar surface area (TPSA) is 75.3 Å². The third kappa shape index (κ3) is 4.06. The van der Waals surface area contributed by atoms with Crippen LogP contribution >= 0.6 is 0 Å². The number of rotatable bonds is 4. The van der Waals surface area contributed by atoms with Gasteiger partial charge in [0.15, 0.2) is 5.78 Å². The van der Waals surface area contributed by atoms with Gasteiger partial charge in [0.05, 0.1) is 5.92 Å². The Balaban J connectivity index is 1.56. The molecule has 0 fully saturated rings. The van der Waals surface area contributed by atoms with Crippen LogP contribution in [0.15, 0.2) is 65.9 Å². The van der Waals surface area contributed by atoms with Gasteiger partial charge in [0.2, 0.25) is 11.8 Å². The van der Waals surface area contributed by atoms with Crippen molar-refractivity contribution in [1.82, 2.24) is 5.32 Å². The maximum Gasteiger partial charge on any atom is 0.232 e. The summed E-state index contributed by atoms with van der Waals surface area (Å²) in [5.74, 6) is -0.903. The van der Waals surface area contributed by atoms with E-state index in [1.807, 2.05) is 54.6 Å². The molecule has 1 heterocycles. The van der Waals surface area contributed by atoms with Crippen LogP contribution in [0.1, 0.15) is 56.1 Å². The number of benzene rings is 2. The fourth-order valence-electron chi connectivity index (χ4n) is 4.33. The molecule has 0 saturated carbocycles. The van der Waals surface area contributed by atoms with Gasteiger partial charge in [-0.2, -0.15) is 0 Å². The van der Waals surface area contributed by atoms with Gasteiger partial charge in [0.1, 0.15) is 0 Å². The highest BCUT2D eigenvalue weighted by Crippen LogP contribution is 2.39. The zero-order valence-corrected chi connectivity index (χ0v) is 17.3. The molecule has 5 heteroatoms. The van der Waals surface area contributed by atoms with Crippen molar-refractivity contribution in [3.8, 4) is 0 Å². The molecule has 1 aliphatic heterocycles. The molecule has 1 aliphatic carbocycles. The van der Waals surface area contributed by atoms with Crippen molar-refractivity contribution in [2.24, 2.45) is 5.92 Å². The lowest BCUT2D eigenvalue weighted by Gasteiger charge is -2.33. The Morgan fingerprint density at radius 1 is 0.967 bits per heavy atom. The summed E-state index contributed by atoms with van der Waals surface area (Å²) in [5.41, 5.74) is 4.00. The van der Waals surface area contributed by atoms with E-state index in [2.05, 4.69) is 24.5 Å². The minimum Gasteiger partial charge on any atom is -0.329 e. The zero-order chi connectivity index (χ0) is 21.3. The predicted octanol–water partition coefficient (Wildman–Crippen LogP) is 4.29. The average molecular weight is 402 g/mol. The Labute approximate surface area is 176 Å². The Hall–Kier alpha value is -3.21. The molecule has 0 unspecified atom stereocenters. The van der Waals surface area contributed by atoms with Crippen LogP contribution in [-0.4, -0.2) is 17.6 Å². The Morgan fingerprint density at radius 2 is 1.67 bits per heavy atom. The lowest BCUT2D eigenvalue weighted by molar-refractivity contribution is -0.129. The Bertz CT molecular complexity index is 1010. The van der Waals surface area contributed by atoms with Gasteiger partial charge in [-0.25, -0.2) is 0 Å². The van der Waals surface area contributed by atoms with Crippen LogP contribution in [0.5, 0.6) is 0 Å². The molecule has 4 rings (SSSR count). The summed E-state index contributed by atoms with van der Waals surface area (Å²) in [6, 6.07) is 17.5. The highest BCUT2D eigenvalue weighted by atomic mass is 16.2. The van der Waals surface area contributed by atoms with Crippen LogP contribution in [-0.2, 0) is 14.4 Å². The SMILES string of the molecule is CC(C)c1ccc(NC(=O)[C@H]2CC(=O)NC3=C2C(=O)C[C@@H](c2ccccc2)C3)cc1. The number of carbonyl (C=O) groups excluding carboxylic acids is 3. The van der Waals surface area contributed by atoms with Crippen molar-refractivity contribution in [1.29, 1.82) is 0 Å². The minimum absolute atomic E-state index is 0.00348. The molecular weight excluding hydrogens is 376 g/mol. The number of ketones is 1. The summed E-state index contributed by atoms with van der Waals surface area (Å²) in [6.07, 6.45) is 0.908. The van der Waals surface area contributed by atoms with E-state index >= 15 is 0 Å². The average Bonchev–Trinajstić information content (AvgIpc) is 2.73. The van der Waals surface area contributed by atoms with Crippen LogP contribution in [0.2, 0.25) is 0 Å². The molecule has 5 nitrogen and oxygen atoms in total. The number of nitrogens with one attached hydrogen (secondary N) is 2. The van der Waals surface area contributed by atoms with Crippen molar-refractivity contribution < 1.29 is 14.4 Å². The second-order valence-corrected chi connectivity index (χ2v) is 8.40. The molecule has 0 aromatic heterocycles. The quantitative estimate of drug-likeness (QED) is 0.801. The third-order valence-corrected chi connectivity index (χ3v) is 5.97. The molecule has 2 amide bonds. The standard InChI is InChI=1S/C25H26N2O3/c1-15(2)16-8-10-19(11-9-16)26-25(30)20-14-23(29)27-21-12-18(13-22(28)24(20)21)17-6-4-3-5-7-17/h3-11,15,18,20H,12-14H2,1-2H3,(H,26,30)(H,27,29)/t18-,20-/m0/s1. The van der Waals surface area contributed by atoms with Gasteiger partial charge in [0.25, 0.3) is 0 Å². The van der Waals surface area contributed by atoms with Crippen LogP contribution in [0, 0.1) is 5.92 Å². The number of amides is 2. The van der Waals surface area contributed by atoms with Crippen LogP contribution in [0.3, 0.4) is 0 Å². The molecule has 0 spiro atoms. The molecule has 0 bridgehead atoms. The van der Waals surface area contributed by atoms with Crippen molar-refractivity contribution in [3.05, 3.63) is 77.0 Å². The highest BCUT2D eigenvalue weighted by Gasteiger charge is 2.40. The molecule has 30 heavy (non-hydrogen) atoms. The normalized spacial score (nSPS) is 21.3. The summed E-state index contributed by atoms with van der Waals surface area (Å²) < 4.78 is 0. The molecule has 2 aliphatic rings. The molecule has 2 aromatic rings. The van der Waals surface area contributed by atoms with Gasteiger partial charge in [-0.15, -0.1) is 0 Å². The summed E-state index contributed by atoms with van der Waals surface area (Å²) in [6.45, 7) is 4.22. The summed E-state index contributed by atoms with van der Waals surface area (Å²) in [4.78, 5) is 38.3. The first-order valence-corrected chi connectivity index (χ1v) is 10.4. The maximum absolute atomic E-state index is 13.0. The van der Waals surface area contributed by atoms with Crippen molar-refractivity contribution in [2.75, 3.05) is 5.32 Å². The third-order valence-electron chi connectivity index (χ3n) is 5.97. The second kappa shape index (κ2) is 8.27. The van der Waals surface area contributed by atoms with Gasteiger partial charge in [0, 0.05) is 29.8 Å². The minimum atomic E-state index is -0.747. The van der Waals surface area contributed by atoms with E-state index < -0.39 is 5.92 Å². The van der Waals surface area contributed by atoms with Gasteiger partial charge < -0.3 is 10.6 Å². The van der Waals surface area contributed by atoms with E-state index in [4.69, 9.17) is 0 Å². The van der Waals surface area contributed by atoms with E-state index in [0.29, 0.717) is 35.7 Å². The molecule has 2 atom stereocenters. The monoisotopic (exact) mass is 402 g/mol. The summed E-state index contributed by atoms with van der Waals surface area (Å²) in [7, 11) is 0. The number of hydrogen-bond donors (Lipinski definition) is 2. The van der Waals surface area contributed by atoms with Gasteiger partial charge >= 0.3 is 0 Å². The zero-order valence-electron chi connectivity index (χ0n) is 17.3. The van der Waals surface area contributed by atoms with Crippen molar-refractivity contribution >= 4 is 23.3 Å². The van der Waals surface area contributed by atoms with E-state index in [-0.39, 0.29) is 29.9 Å². The molecular formula is C25H26N2O3. The van der Waals surface area contributed by atoms with Crippen LogP contribution in [0.4, 0.5) is 5.69 Å². The van der Waals surface area contributed by atoms with Crippen LogP contribution in [0.25, 0.3) is 0 Å². The van der Waals surface area contributed by atoms with Crippen molar-refractivity contribution in [2.45, 2.75) is 44.9 Å². The van der Waals surface area contributed by atoms with E-state index in [9.17, 15) is 14.4 Å². The lowest BCUT2D eigenvalue weighted by Crippen LogP contribution is -2.43. The van der Waals surface area contributed by atoms with Gasteiger partial charge in [-0.05, 0) is 41.5 Å². The van der Waals surface area contributed by atoms with E-state index in [1.54, 1.807) is 0 Å². The van der Waals surface area contributed by atoms with E-state index in [1.165, 1.54) is 5.56 Å². The molecule has 154 valence electrons. The molecule has 2 N–H and O–H groups in total. The molecule has 2 aromatic carbocycles. The highest BCUT2D eigenvalue weighted by molar-refractivity contribution is 6.09. The first kappa shape index (κ1) is 20.1. The summed E-state index contributed by atoms with van der Waals surface area (Å²) >= 11 is 0. The fraction of sp³-hybridized carbons (Fsp3) is 0.320. The first-order valence-electron chi connectivity index (χ1n) is 10.4. The molecule has 0 saturated heterocycles. The Kier molecular flexibility index (Phi) is 5.53. The number of carbonyl (C=O) groups is 3. The summed E-state index contributed by atoms with van der Waals surface area (Å²) in [5, 5.41) is 5.75. The van der Waals surface area contributed by atoms with Crippen molar-refractivity contribution in [3.63, 3.8) is 0 Å². The van der Waals surface area contributed by atoms with Gasteiger partial charge in [-0.1, -0.05) is 56.3 Å². The number of anilines is 1. The number of Topliss-reactive ketones (excluding diaryl/α,β-unsaturated/α-hetero) is 1. The molecule has 0 radical (unpaired) electrons. The lowest BCUT2D eigenvalue weighted by atomic mass is 9.75. The van der Waals surface area contributed by atoms with E-state index in [0.717, 1.165) is 5.56 Å². The smallest absolute Gasteiger partial charge is 0.232 e. The Morgan fingerprint density at radius 3 is 2.33 bits per heavy atom. The fourth-order valence-corrected chi connectivity index (χ4v) is 4.33. The maximum atomic E-state index is 13.0.